The van der Waals surface area contributed by atoms with Crippen molar-refractivity contribution in [1.29, 1.82) is 0 Å². The van der Waals surface area contributed by atoms with Crippen molar-refractivity contribution in [3.05, 3.63) is 33.7 Å². The Morgan fingerprint density at radius 1 is 1.56 bits per heavy atom. The van der Waals surface area contributed by atoms with E-state index >= 15 is 0 Å². The summed E-state index contributed by atoms with van der Waals surface area (Å²) in [6.07, 6.45) is 2.50. The molecule has 0 aliphatic carbocycles. The van der Waals surface area contributed by atoms with Crippen molar-refractivity contribution in [1.82, 2.24) is 14.3 Å². The van der Waals surface area contributed by atoms with Crippen LogP contribution in [0.4, 0.5) is 0 Å². The summed E-state index contributed by atoms with van der Waals surface area (Å²) in [4.78, 5) is 19.1. The van der Waals surface area contributed by atoms with Gasteiger partial charge in [0.05, 0.1) is 11.3 Å². The number of rotatable bonds is 3. The molecule has 6 heteroatoms. The summed E-state index contributed by atoms with van der Waals surface area (Å²) in [6, 6.07) is 1.57. The summed E-state index contributed by atoms with van der Waals surface area (Å²) >= 11 is 1.46. The van der Waals surface area contributed by atoms with Crippen LogP contribution in [0.2, 0.25) is 0 Å². The molecule has 1 N–H and O–H groups in total. The second-order valence-corrected chi connectivity index (χ2v) is 5.74. The largest absolute Gasteiger partial charge is 0.387 e. The standard InChI is InChI=1S/C12H15N3O2S/c1-2-12(17)7-14(8-12)6-9-5-10(16)15-3-4-18-11(15)13-9/h3-5,17H,2,6-8H2,1H3. The fourth-order valence-corrected chi connectivity index (χ4v) is 3.06. The van der Waals surface area contributed by atoms with E-state index in [4.69, 9.17) is 0 Å². The van der Waals surface area contributed by atoms with Crippen LogP contribution in [0, 0.1) is 0 Å². The molecule has 0 bridgehead atoms. The molecule has 0 atom stereocenters. The van der Waals surface area contributed by atoms with E-state index in [1.807, 2.05) is 12.3 Å². The van der Waals surface area contributed by atoms with Crippen LogP contribution in [0.15, 0.2) is 22.4 Å². The van der Waals surface area contributed by atoms with Gasteiger partial charge in [-0.2, -0.15) is 0 Å². The van der Waals surface area contributed by atoms with E-state index in [1.165, 1.54) is 11.3 Å². The number of aromatic nitrogens is 2. The molecule has 3 heterocycles. The molecule has 0 radical (unpaired) electrons. The molecule has 0 spiro atoms. The van der Waals surface area contributed by atoms with Gasteiger partial charge < -0.3 is 5.11 Å². The van der Waals surface area contributed by atoms with E-state index in [9.17, 15) is 9.90 Å². The second-order valence-electron chi connectivity index (χ2n) is 4.86. The number of aliphatic hydroxyl groups is 1. The highest BCUT2D eigenvalue weighted by Gasteiger charge is 2.39. The summed E-state index contributed by atoms with van der Waals surface area (Å²) in [7, 11) is 0. The van der Waals surface area contributed by atoms with Gasteiger partial charge in [0.25, 0.3) is 5.56 Å². The summed E-state index contributed by atoms with van der Waals surface area (Å²) in [5, 5.41) is 11.8. The fraction of sp³-hybridized carbons (Fsp3) is 0.500. The van der Waals surface area contributed by atoms with Crippen molar-refractivity contribution in [3.63, 3.8) is 0 Å². The van der Waals surface area contributed by atoms with Crippen LogP contribution < -0.4 is 5.56 Å². The van der Waals surface area contributed by atoms with E-state index in [-0.39, 0.29) is 5.56 Å². The number of β-amino-alcohol motifs (C(OH)–C–C–N with tert-alkyl or cyclic N) is 1. The van der Waals surface area contributed by atoms with E-state index in [2.05, 4.69) is 9.88 Å². The first-order valence-electron chi connectivity index (χ1n) is 6.00. The van der Waals surface area contributed by atoms with Crippen molar-refractivity contribution < 1.29 is 5.11 Å². The smallest absolute Gasteiger partial charge is 0.258 e. The molecule has 1 aliphatic heterocycles. The van der Waals surface area contributed by atoms with Crippen molar-refractivity contribution in [2.24, 2.45) is 0 Å². The molecule has 0 saturated carbocycles. The van der Waals surface area contributed by atoms with Crippen LogP contribution >= 0.6 is 11.3 Å². The minimum absolute atomic E-state index is 0.0393. The Hall–Kier alpha value is -1.24. The third-order valence-electron chi connectivity index (χ3n) is 3.44. The predicted molar refractivity (Wildman–Crippen MR) is 69.9 cm³/mol. The number of nitrogens with zero attached hydrogens (tertiary/aromatic N) is 3. The van der Waals surface area contributed by atoms with Gasteiger partial charge in [-0.3, -0.25) is 14.1 Å². The molecule has 1 fully saturated rings. The van der Waals surface area contributed by atoms with Gasteiger partial charge in [0.1, 0.15) is 0 Å². The lowest BCUT2D eigenvalue weighted by Gasteiger charge is -2.46. The Morgan fingerprint density at radius 3 is 3.06 bits per heavy atom. The van der Waals surface area contributed by atoms with E-state index in [0.717, 1.165) is 17.1 Å². The monoisotopic (exact) mass is 265 g/mol. The van der Waals surface area contributed by atoms with Crippen molar-refractivity contribution in [2.75, 3.05) is 13.1 Å². The van der Waals surface area contributed by atoms with Gasteiger partial charge in [-0.1, -0.05) is 6.92 Å². The van der Waals surface area contributed by atoms with Crippen LogP contribution in [0.3, 0.4) is 0 Å². The first-order chi connectivity index (χ1) is 8.59. The summed E-state index contributed by atoms with van der Waals surface area (Å²) in [5.74, 6) is 0. The average Bonchev–Trinajstić information content (AvgIpc) is 2.75. The van der Waals surface area contributed by atoms with E-state index < -0.39 is 5.60 Å². The van der Waals surface area contributed by atoms with Gasteiger partial charge in [0.15, 0.2) is 4.96 Å². The van der Waals surface area contributed by atoms with Gasteiger partial charge in [-0.15, -0.1) is 11.3 Å². The van der Waals surface area contributed by atoms with Crippen LogP contribution in [-0.2, 0) is 6.54 Å². The molecule has 3 rings (SSSR count). The maximum absolute atomic E-state index is 11.8. The predicted octanol–water partition coefficient (Wildman–Crippen LogP) is 0.713. The Bertz CT molecular complexity index is 628. The Balaban J connectivity index is 1.78. The summed E-state index contributed by atoms with van der Waals surface area (Å²) < 4.78 is 1.55. The molecule has 1 saturated heterocycles. The molecule has 0 amide bonds. The van der Waals surface area contributed by atoms with Crippen LogP contribution in [-0.4, -0.2) is 38.1 Å². The van der Waals surface area contributed by atoms with Gasteiger partial charge in [0.2, 0.25) is 0 Å². The lowest BCUT2D eigenvalue weighted by atomic mass is 9.91. The Kier molecular flexibility index (Phi) is 2.73. The highest BCUT2D eigenvalue weighted by molar-refractivity contribution is 7.15. The molecule has 18 heavy (non-hydrogen) atoms. The van der Waals surface area contributed by atoms with Crippen molar-refractivity contribution in [2.45, 2.75) is 25.5 Å². The number of thiazole rings is 1. The Morgan fingerprint density at radius 2 is 2.33 bits per heavy atom. The molecule has 0 unspecified atom stereocenters. The number of likely N-dealkylation sites (tertiary alicyclic amines) is 1. The van der Waals surface area contributed by atoms with Crippen LogP contribution in [0.25, 0.3) is 4.96 Å². The zero-order chi connectivity index (χ0) is 12.8. The molecule has 2 aromatic heterocycles. The zero-order valence-electron chi connectivity index (χ0n) is 10.2. The van der Waals surface area contributed by atoms with Gasteiger partial charge in [-0.25, -0.2) is 4.98 Å². The number of fused-ring (bicyclic) bond motifs is 1. The fourth-order valence-electron chi connectivity index (χ4n) is 2.32. The second kappa shape index (κ2) is 4.15. The third kappa shape index (κ3) is 1.96. The Labute approximate surface area is 108 Å². The lowest BCUT2D eigenvalue weighted by molar-refractivity contribution is -0.103. The molecule has 1 aliphatic rings. The van der Waals surface area contributed by atoms with E-state index in [1.54, 1.807) is 16.7 Å². The van der Waals surface area contributed by atoms with Crippen LogP contribution in [0.1, 0.15) is 19.0 Å². The maximum Gasteiger partial charge on any atom is 0.258 e. The zero-order valence-corrected chi connectivity index (χ0v) is 11.0. The number of hydrogen-bond donors (Lipinski definition) is 1. The van der Waals surface area contributed by atoms with Crippen molar-refractivity contribution in [3.8, 4) is 0 Å². The van der Waals surface area contributed by atoms with Gasteiger partial charge in [0, 0.05) is 37.3 Å². The lowest BCUT2D eigenvalue weighted by Crippen LogP contribution is -2.60. The third-order valence-corrected chi connectivity index (χ3v) is 4.19. The molecule has 0 aromatic carbocycles. The average molecular weight is 265 g/mol. The first-order valence-corrected chi connectivity index (χ1v) is 6.88. The number of hydrogen-bond acceptors (Lipinski definition) is 5. The topological polar surface area (TPSA) is 57.8 Å². The van der Waals surface area contributed by atoms with Gasteiger partial charge in [-0.05, 0) is 6.42 Å². The van der Waals surface area contributed by atoms with E-state index in [0.29, 0.717) is 19.6 Å². The summed E-state index contributed by atoms with van der Waals surface area (Å²) in [5.41, 5.74) is 0.199. The summed E-state index contributed by atoms with van der Waals surface area (Å²) in [6.45, 7) is 3.94. The minimum Gasteiger partial charge on any atom is -0.387 e. The molecule has 2 aromatic rings. The minimum atomic E-state index is -0.540. The molecular formula is C12H15N3O2S. The van der Waals surface area contributed by atoms with Crippen molar-refractivity contribution >= 4 is 16.3 Å². The quantitative estimate of drug-likeness (QED) is 0.888. The highest BCUT2D eigenvalue weighted by atomic mass is 32.1. The highest BCUT2D eigenvalue weighted by Crippen LogP contribution is 2.25. The first kappa shape index (κ1) is 11.8. The van der Waals surface area contributed by atoms with Crippen LogP contribution in [0.5, 0.6) is 0 Å². The normalized spacial score (nSPS) is 19.0. The maximum atomic E-state index is 11.8. The SMILES string of the molecule is CCC1(O)CN(Cc2cc(=O)n3ccsc3n2)C1. The molecule has 96 valence electrons. The molecular weight excluding hydrogens is 250 g/mol. The molecule has 5 nitrogen and oxygen atoms in total. The van der Waals surface area contributed by atoms with Gasteiger partial charge >= 0.3 is 0 Å².